The monoisotopic (exact) mass is 285 g/mol. The summed E-state index contributed by atoms with van der Waals surface area (Å²) in [4.78, 5) is 3.99. The van der Waals surface area contributed by atoms with E-state index in [1.807, 2.05) is 72.8 Å². The zero-order chi connectivity index (χ0) is 15.0. The van der Waals surface area contributed by atoms with Crippen molar-refractivity contribution in [3.63, 3.8) is 0 Å². The van der Waals surface area contributed by atoms with Gasteiger partial charge in [-0.2, -0.15) is 5.10 Å². The Morgan fingerprint density at radius 2 is 1.27 bits per heavy atom. The highest BCUT2D eigenvalue weighted by atomic mass is 15.2. The smallest absolute Gasteiger partial charge is 0.100 e. The van der Waals surface area contributed by atoms with Crippen LogP contribution in [0.5, 0.6) is 0 Å². The highest BCUT2D eigenvalue weighted by molar-refractivity contribution is 6.12. The third-order valence-electron chi connectivity index (χ3n) is 3.17. The minimum absolute atomic E-state index is 0.853. The lowest BCUT2D eigenvalue weighted by atomic mass is 10.0. The summed E-state index contributed by atoms with van der Waals surface area (Å²) >= 11 is 0. The summed E-state index contributed by atoms with van der Waals surface area (Å²) in [7, 11) is 0. The minimum atomic E-state index is 0.853. The van der Waals surface area contributed by atoms with Crippen molar-refractivity contribution in [1.29, 1.82) is 0 Å². The molecule has 3 aromatic rings. The Bertz CT molecular complexity index is 722. The van der Waals surface area contributed by atoms with Crippen LogP contribution in [0.1, 0.15) is 16.7 Å². The molecule has 0 aliphatic heterocycles. The molecule has 0 atom stereocenters. The van der Waals surface area contributed by atoms with Crippen molar-refractivity contribution >= 4 is 11.9 Å². The molecule has 0 amide bonds. The minimum Gasteiger partial charge on any atom is -0.265 e. The van der Waals surface area contributed by atoms with Gasteiger partial charge in [-0.3, -0.25) is 4.98 Å². The average Bonchev–Trinajstić information content (AvgIpc) is 2.61. The van der Waals surface area contributed by atoms with Gasteiger partial charge in [0.2, 0.25) is 0 Å². The van der Waals surface area contributed by atoms with Crippen molar-refractivity contribution in [3.8, 4) is 0 Å². The third kappa shape index (κ3) is 3.52. The number of pyridine rings is 1. The molecular weight excluding hydrogens is 270 g/mol. The van der Waals surface area contributed by atoms with Crippen LogP contribution in [0, 0.1) is 0 Å². The topological polar surface area (TPSA) is 37.6 Å². The molecule has 0 bridgehead atoms. The van der Waals surface area contributed by atoms with Crippen LogP contribution in [0.15, 0.2) is 95.4 Å². The van der Waals surface area contributed by atoms with Crippen molar-refractivity contribution in [1.82, 2.24) is 4.98 Å². The summed E-state index contributed by atoms with van der Waals surface area (Å²) in [5, 5.41) is 8.66. The van der Waals surface area contributed by atoms with Crippen LogP contribution >= 0.6 is 0 Å². The quantitative estimate of drug-likeness (QED) is 0.528. The number of hydrogen-bond donors (Lipinski definition) is 0. The highest BCUT2D eigenvalue weighted by Crippen LogP contribution is 2.11. The Kier molecular flexibility index (Phi) is 4.47. The van der Waals surface area contributed by atoms with Crippen LogP contribution in [-0.4, -0.2) is 16.9 Å². The first kappa shape index (κ1) is 13.9. The fourth-order valence-electron chi connectivity index (χ4n) is 2.08. The molecule has 0 aliphatic rings. The van der Waals surface area contributed by atoms with Crippen molar-refractivity contribution < 1.29 is 0 Å². The lowest BCUT2D eigenvalue weighted by Gasteiger charge is -2.04. The van der Waals surface area contributed by atoms with E-state index in [4.69, 9.17) is 0 Å². The SMILES string of the molecule is C(=NN=C(c1ccccc1)c1ccccc1)c1ccncc1. The Morgan fingerprint density at radius 3 is 1.82 bits per heavy atom. The van der Waals surface area contributed by atoms with Gasteiger partial charge in [0, 0.05) is 23.5 Å². The molecule has 0 N–H and O–H groups in total. The van der Waals surface area contributed by atoms with Crippen molar-refractivity contribution in [2.75, 3.05) is 0 Å². The molecule has 106 valence electrons. The number of benzene rings is 2. The van der Waals surface area contributed by atoms with Gasteiger partial charge in [-0.1, -0.05) is 60.7 Å². The third-order valence-corrected chi connectivity index (χ3v) is 3.17. The number of nitrogens with zero attached hydrogens (tertiary/aromatic N) is 3. The summed E-state index contributed by atoms with van der Waals surface area (Å²) in [5.41, 5.74) is 3.91. The Labute approximate surface area is 129 Å². The number of hydrogen-bond acceptors (Lipinski definition) is 3. The molecule has 3 rings (SSSR count). The fraction of sp³-hybridized carbons (Fsp3) is 0. The van der Waals surface area contributed by atoms with Gasteiger partial charge >= 0.3 is 0 Å². The van der Waals surface area contributed by atoms with E-state index in [0.717, 1.165) is 22.4 Å². The summed E-state index contributed by atoms with van der Waals surface area (Å²) in [6.45, 7) is 0. The van der Waals surface area contributed by atoms with Crippen LogP contribution in [-0.2, 0) is 0 Å². The van der Waals surface area contributed by atoms with Gasteiger partial charge in [-0.15, -0.1) is 5.10 Å². The van der Waals surface area contributed by atoms with E-state index >= 15 is 0 Å². The van der Waals surface area contributed by atoms with E-state index in [2.05, 4.69) is 15.2 Å². The number of aromatic nitrogens is 1. The van der Waals surface area contributed by atoms with Gasteiger partial charge in [-0.05, 0) is 17.7 Å². The van der Waals surface area contributed by atoms with Gasteiger partial charge in [-0.25, -0.2) is 0 Å². The molecule has 2 aromatic carbocycles. The average molecular weight is 285 g/mol. The van der Waals surface area contributed by atoms with E-state index < -0.39 is 0 Å². The first-order valence-corrected chi connectivity index (χ1v) is 7.05. The Morgan fingerprint density at radius 1 is 0.727 bits per heavy atom. The van der Waals surface area contributed by atoms with Gasteiger partial charge in [0.15, 0.2) is 0 Å². The van der Waals surface area contributed by atoms with E-state index in [-0.39, 0.29) is 0 Å². The van der Waals surface area contributed by atoms with Crippen LogP contribution in [0.3, 0.4) is 0 Å². The summed E-state index contributed by atoms with van der Waals surface area (Å²) in [6, 6.07) is 23.9. The van der Waals surface area contributed by atoms with Crippen LogP contribution < -0.4 is 0 Å². The molecule has 0 saturated heterocycles. The first-order valence-electron chi connectivity index (χ1n) is 7.05. The second kappa shape index (κ2) is 7.09. The van der Waals surface area contributed by atoms with Crippen molar-refractivity contribution in [2.24, 2.45) is 10.2 Å². The summed E-state index contributed by atoms with van der Waals surface area (Å²) in [6.07, 6.45) is 5.20. The van der Waals surface area contributed by atoms with E-state index in [1.54, 1.807) is 18.6 Å². The molecule has 3 heteroatoms. The highest BCUT2D eigenvalue weighted by Gasteiger charge is 2.05. The molecule has 0 spiro atoms. The summed E-state index contributed by atoms with van der Waals surface area (Å²) in [5.74, 6) is 0. The van der Waals surface area contributed by atoms with Crippen LogP contribution in [0.25, 0.3) is 0 Å². The van der Waals surface area contributed by atoms with Crippen LogP contribution in [0.4, 0.5) is 0 Å². The van der Waals surface area contributed by atoms with Gasteiger partial charge in [0.05, 0.1) is 6.21 Å². The molecule has 1 heterocycles. The van der Waals surface area contributed by atoms with Gasteiger partial charge < -0.3 is 0 Å². The number of rotatable bonds is 4. The maximum atomic E-state index is 4.43. The predicted molar refractivity (Wildman–Crippen MR) is 90.4 cm³/mol. The normalized spacial score (nSPS) is 10.5. The molecular formula is C19H15N3. The standard InChI is InChI=1S/C19H15N3/c1-3-7-17(8-4-1)19(18-9-5-2-6-10-18)22-21-15-16-11-13-20-14-12-16/h1-15H. The zero-order valence-electron chi connectivity index (χ0n) is 12.0. The molecule has 3 nitrogen and oxygen atoms in total. The largest absolute Gasteiger partial charge is 0.265 e. The molecule has 22 heavy (non-hydrogen) atoms. The second-order valence-electron chi connectivity index (χ2n) is 4.71. The van der Waals surface area contributed by atoms with Crippen molar-refractivity contribution in [3.05, 3.63) is 102 Å². The molecule has 0 radical (unpaired) electrons. The molecule has 0 aliphatic carbocycles. The van der Waals surface area contributed by atoms with E-state index in [0.29, 0.717) is 0 Å². The predicted octanol–water partition coefficient (Wildman–Crippen LogP) is 3.95. The van der Waals surface area contributed by atoms with Crippen LogP contribution in [0.2, 0.25) is 0 Å². The summed E-state index contributed by atoms with van der Waals surface area (Å²) < 4.78 is 0. The maximum absolute atomic E-state index is 4.43. The second-order valence-corrected chi connectivity index (χ2v) is 4.71. The van der Waals surface area contributed by atoms with E-state index in [1.165, 1.54) is 0 Å². The van der Waals surface area contributed by atoms with Crippen molar-refractivity contribution in [2.45, 2.75) is 0 Å². The molecule has 1 aromatic heterocycles. The van der Waals surface area contributed by atoms with E-state index in [9.17, 15) is 0 Å². The molecule has 0 unspecified atom stereocenters. The van der Waals surface area contributed by atoms with Gasteiger partial charge in [0.1, 0.15) is 5.71 Å². The zero-order valence-corrected chi connectivity index (χ0v) is 12.0. The lowest BCUT2D eigenvalue weighted by molar-refractivity contribution is 1.24. The molecule has 0 fully saturated rings. The fourth-order valence-corrected chi connectivity index (χ4v) is 2.08. The Balaban J connectivity index is 1.96. The maximum Gasteiger partial charge on any atom is 0.100 e. The lowest BCUT2D eigenvalue weighted by Crippen LogP contribution is -2.02. The Hall–Kier alpha value is -3.07. The van der Waals surface area contributed by atoms with Gasteiger partial charge in [0.25, 0.3) is 0 Å². The molecule has 0 saturated carbocycles. The first-order chi connectivity index (χ1) is 10.9.